The zero-order valence-electron chi connectivity index (χ0n) is 20.8. The van der Waals surface area contributed by atoms with Crippen molar-refractivity contribution in [3.8, 4) is 6.07 Å². The third kappa shape index (κ3) is 5.91. The number of hydrogen-bond donors (Lipinski definition) is 0. The minimum Gasteiger partial charge on any atom is -0.372 e. The second-order valence-electron chi connectivity index (χ2n) is 9.70. The largest absolute Gasteiger partial charge is 0.372 e. The highest BCUT2D eigenvalue weighted by Crippen LogP contribution is 2.32. The number of hydrogen-bond acceptors (Lipinski definition) is 4. The van der Waals surface area contributed by atoms with Crippen LogP contribution in [-0.2, 0) is 24.4 Å². The van der Waals surface area contributed by atoms with Gasteiger partial charge in [-0.3, -0.25) is 4.90 Å². The molecule has 3 aromatic carbocycles. The molecule has 0 saturated carbocycles. The fourth-order valence-electron chi connectivity index (χ4n) is 5.09. The second kappa shape index (κ2) is 11.3. The molecule has 5 nitrogen and oxygen atoms in total. The van der Waals surface area contributed by atoms with E-state index < -0.39 is 0 Å². The second-order valence-corrected chi connectivity index (χ2v) is 9.70. The first-order chi connectivity index (χ1) is 17.7. The van der Waals surface area contributed by atoms with Gasteiger partial charge in [0.15, 0.2) is 0 Å². The van der Waals surface area contributed by atoms with Gasteiger partial charge in [0.1, 0.15) is 0 Å². The third-order valence-corrected chi connectivity index (χ3v) is 7.04. The molecule has 0 spiro atoms. The molecule has 2 atom stereocenters. The van der Waals surface area contributed by atoms with Gasteiger partial charge in [-0.25, -0.2) is 4.98 Å². The van der Waals surface area contributed by atoms with Crippen molar-refractivity contribution in [3.63, 3.8) is 0 Å². The molecule has 0 amide bonds. The minimum atomic E-state index is 0.121. The van der Waals surface area contributed by atoms with Gasteiger partial charge in [-0.05, 0) is 48.7 Å². The summed E-state index contributed by atoms with van der Waals surface area (Å²) in [4.78, 5) is 6.93. The number of piperidine rings is 1. The first-order valence-electron chi connectivity index (χ1n) is 12.6. The van der Waals surface area contributed by atoms with E-state index in [1.54, 1.807) is 0 Å². The molecule has 5 heteroatoms. The predicted octanol–water partition coefficient (Wildman–Crippen LogP) is 5.69. The number of nitriles is 1. The van der Waals surface area contributed by atoms with E-state index in [1.165, 1.54) is 22.4 Å². The summed E-state index contributed by atoms with van der Waals surface area (Å²) in [6, 6.07) is 29.3. The lowest BCUT2D eigenvalue weighted by atomic mass is 9.86. The number of nitrogens with zero attached hydrogens (tertiary/aromatic N) is 4. The fourth-order valence-corrected chi connectivity index (χ4v) is 5.09. The Bertz CT molecular complexity index is 1310. The summed E-state index contributed by atoms with van der Waals surface area (Å²) in [7, 11) is 0. The lowest BCUT2D eigenvalue weighted by Crippen LogP contribution is -2.44. The van der Waals surface area contributed by atoms with E-state index in [1.807, 2.05) is 42.9 Å². The van der Waals surface area contributed by atoms with Gasteiger partial charge in [0.25, 0.3) is 0 Å². The Kier molecular flexibility index (Phi) is 7.56. The van der Waals surface area contributed by atoms with E-state index in [0.29, 0.717) is 18.1 Å². The van der Waals surface area contributed by atoms with E-state index in [2.05, 4.69) is 76.0 Å². The number of rotatable bonds is 8. The zero-order chi connectivity index (χ0) is 24.7. The average Bonchev–Trinajstić information content (AvgIpc) is 3.34. The highest BCUT2D eigenvalue weighted by Gasteiger charge is 2.31. The molecule has 36 heavy (non-hydrogen) atoms. The van der Waals surface area contributed by atoms with Gasteiger partial charge in [0, 0.05) is 31.7 Å². The molecule has 1 saturated heterocycles. The monoisotopic (exact) mass is 476 g/mol. The van der Waals surface area contributed by atoms with Crippen LogP contribution in [0.1, 0.15) is 45.8 Å². The van der Waals surface area contributed by atoms with Crippen molar-refractivity contribution >= 4 is 0 Å². The quantitative estimate of drug-likeness (QED) is 0.328. The van der Waals surface area contributed by atoms with Crippen LogP contribution in [0.2, 0.25) is 0 Å². The molecule has 1 fully saturated rings. The minimum absolute atomic E-state index is 0.121. The lowest BCUT2D eigenvalue weighted by Gasteiger charge is -2.39. The van der Waals surface area contributed by atoms with Crippen molar-refractivity contribution in [2.75, 3.05) is 13.1 Å². The number of ether oxygens (including phenoxy) is 1. The van der Waals surface area contributed by atoms with Crippen LogP contribution in [0.4, 0.5) is 0 Å². The molecule has 0 unspecified atom stereocenters. The summed E-state index contributed by atoms with van der Waals surface area (Å²) < 4.78 is 8.78. The summed E-state index contributed by atoms with van der Waals surface area (Å²) in [5.74, 6) is 0.383. The molecule has 1 aliphatic heterocycles. The summed E-state index contributed by atoms with van der Waals surface area (Å²) in [5.41, 5.74) is 6.91. The molecular weight excluding hydrogens is 444 g/mol. The van der Waals surface area contributed by atoms with Gasteiger partial charge in [-0.2, -0.15) is 5.26 Å². The zero-order valence-corrected chi connectivity index (χ0v) is 20.8. The SMILES string of the molecule is Cc1cccc([C@@H]2CCN(Cc3cncn3Cc3ccc(C#N)cc3)C[C@H]2OCc2ccccc2)c1. The van der Waals surface area contributed by atoms with Gasteiger partial charge >= 0.3 is 0 Å². The van der Waals surface area contributed by atoms with Crippen LogP contribution in [0, 0.1) is 18.3 Å². The third-order valence-electron chi connectivity index (χ3n) is 7.04. The number of likely N-dealkylation sites (tertiary alicyclic amines) is 1. The smallest absolute Gasteiger partial charge is 0.0991 e. The topological polar surface area (TPSA) is 54.1 Å². The van der Waals surface area contributed by atoms with Gasteiger partial charge in [0.2, 0.25) is 0 Å². The molecule has 5 rings (SSSR count). The van der Waals surface area contributed by atoms with Gasteiger partial charge < -0.3 is 9.30 Å². The molecule has 2 heterocycles. The van der Waals surface area contributed by atoms with Crippen LogP contribution in [0.25, 0.3) is 0 Å². The van der Waals surface area contributed by atoms with Crippen LogP contribution in [0.15, 0.2) is 91.4 Å². The van der Waals surface area contributed by atoms with E-state index in [4.69, 9.17) is 10.00 Å². The Morgan fingerprint density at radius 2 is 1.81 bits per heavy atom. The van der Waals surface area contributed by atoms with Crippen LogP contribution in [-0.4, -0.2) is 33.6 Å². The Balaban J connectivity index is 1.29. The van der Waals surface area contributed by atoms with Crippen molar-refractivity contribution in [3.05, 3.63) is 125 Å². The fraction of sp³-hybridized carbons (Fsp3) is 0.290. The first-order valence-corrected chi connectivity index (χ1v) is 12.6. The van der Waals surface area contributed by atoms with Crippen molar-refractivity contribution in [2.45, 2.75) is 45.1 Å². The van der Waals surface area contributed by atoms with Crippen molar-refractivity contribution in [2.24, 2.45) is 0 Å². The highest BCUT2D eigenvalue weighted by molar-refractivity contribution is 5.32. The van der Waals surface area contributed by atoms with Crippen molar-refractivity contribution < 1.29 is 4.74 Å². The van der Waals surface area contributed by atoms with Gasteiger partial charge in [-0.15, -0.1) is 0 Å². The normalized spacial score (nSPS) is 18.1. The average molecular weight is 477 g/mol. The van der Waals surface area contributed by atoms with Crippen molar-refractivity contribution in [1.29, 1.82) is 5.26 Å². The number of aromatic nitrogens is 2. The number of imidazole rings is 1. The van der Waals surface area contributed by atoms with Crippen LogP contribution < -0.4 is 0 Å². The van der Waals surface area contributed by atoms with E-state index >= 15 is 0 Å². The summed E-state index contributed by atoms with van der Waals surface area (Å²) in [6.45, 7) is 6.27. The molecule has 4 aromatic rings. The summed E-state index contributed by atoms with van der Waals surface area (Å²) in [6.07, 6.45) is 5.05. The first kappa shape index (κ1) is 24.0. The maximum atomic E-state index is 9.06. The maximum Gasteiger partial charge on any atom is 0.0991 e. The molecule has 0 aliphatic carbocycles. The highest BCUT2D eigenvalue weighted by atomic mass is 16.5. The Morgan fingerprint density at radius 3 is 2.58 bits per heavy atom. The summed E-state index contributed by atoms with van der Waals surface area (Å²) in [5, 5.41) is 9.06. The Morgan fingerprint density at radius 1 is 0.972 bits per heavy atom. The maximum absolute atomic E-state index is 9.06. The molecular formula is C31H32N4O. The number of aryl methyl sites for hydroxylation is 1. The van der Waals surface area contributed by atoms with E-state index in [9.17, 15) is 0 Å². The molecule has 0 radical (unpaired) electrons. The lowest BCUT2D eigenvalue weighted by molar-refractivity contribution is -0.0268. The van der Waals surface area contributed by atoms with Crippen LogP contribution >= 0.6 is 0 Å². The Hall–Kier alpha value is -3.72. The standard InChI is InChI=1S/C31H32N4O/c1-24-6-5-9-28(16-24)30-14-15-34(21-31(30)36-22-27-7-3-2-4-8-27)20-29-18-33-23-35(29)19-26-12-10-25(17-32)11-13-26/h2-13,16,18,23,30-31H,14-15,19-22H2,1H3/t30-,31+/m0/s1. The molecule has 1 aliphatic rings. The molecule has 0 N–H and O–H groups in total. The van der Waals surface area contributed by atoms with Crippen molar-refractivity contribution in [1.82, 2.24) is 14.5 Å². The predicted molar refractivity (Wildman–Crippen MR) is 141 cm³/mol. The van der Waals surface area contributed by atoms with Crippen LogP contribution in [0.3, 0.4) is 0 Å². The molecule has 182 valence electrons. The summed E-state index contributed by atoms with van der Waals surface area (Å²) >= 11 is 0. The van der Waals surface area contributed by atoms with Gasteiger partial charge in [0.05, 0.1) is 36.4 Å². The van der Waals surface area contributed by atoms with E-state index in [-0.39, 0.29) is 6.10 Å². The number of benzene rings is 3. The van der Waals surface area contributed by atoms with Crippen LogP contribution in [0.5, 0.6) is 0 Å². The van der Waals surface area contributed by atoms with E-state index in [0.717, 1.165) is 38.2 Å². The molecule has 0 bridgehead atoms. The van der Waals surface area contributed by atoms with Gasteiger partial charge in [-0.1, -0.05) is 72.3 Å². The Labute approximate surface area is 213 Å². The molecule has 1 aromatic heterocycles.